The monoisotopic (exact) mass is 382 g/mol. The third kappa shape index (κ3) is 3.28. The molecule has 1 saturated heterocycles. The fraction of sp³-hybridized carbons (Fsp3) is 0.300. The van der Waals surface area contributed by atoms with Crippen LogP contribution in [0.1, 0.15) is 11.1 Å². The van der Waals surface area contributed by atoms with Gasteiger partial charge in [-0.3, -0.25) is 0 Å². The molecule has 0 atom stereocenters. The second-order valence-corrected chi connectivity index (χ2v) is 8.81. The third-order valence-corrected chi connectivity index (χ3v) is 6.96. The molecular weight excluding hydrogens is 360 g/mol. The fourth-order valence-electron chi connectivity index (χ4n) is 3.47. The summed E-state index contributed by atoms with van der Waals surface area (Å²) in [5.41, 5.74) is 3.10. The molecule has 3 aromatic rings. The van der Waals surface area contributed by atoms with Gasteiger partial charge in [0.05, 0.1) is 10.4 Å². The molecule has 0 aliphatic carbocycles. The number of piperazine rings is 1. The summed E-state index contributed by atoms with van der Waals surface area (Å²) >= 11 is 0. The van der Waals surface area contributed by atoms with Crippen LogP contribution >= 0.6 is 0 Å². The van der Waals surface area contributed by atoms with Crippen molar-refractivity contribution in [2.75, 3.05) is 31.1 Å². The standard InChI is InChI=1S/C20H22N4O2S/c1-15-6-8-17(9-7-15)27(25,26)24-12-10-23(11-13-24)20-18-5-3-4-16(2)19(18)21-14-22-20/h3-9,14H,10-13H2,1-2H3. The molecule has 0 radical (unpaired) electrons. The highest BCUT2D eigenvalue weighted by Crippen LogP contribution is 2.27. The van der Waals surface area contributed by atoms with Crippen molar-refractivity contribution in [3.8, 4) is 0 Å². The van der Waals surface area contributed by atoms with Crippen molar-refractivity contribution in [1.82, 2.24) is 14.3 Å². The number of nitrogens with zero attached hydrogens (tertiary/aromatic N) is 4. The summed E-state index contributed by atoms with van der Waals surface area (Å²) in [4.78, 5) is 11.4. The average molecular weight is 382 g/mol. The smallest absolute Gasteiger partial charge is 0.243 e. The van der Waals surface area contributed by atoms with Gasteiger partial charge in [0.1, 0.15) is 12.1 Å². The molecule has 0 bridgehead atoms. The molecule has 0 amide bonds. The van der Waals surface area contributed by atoms with Gasteiger partial charge in [-0.25, -0.2) is 18.4 Å². The van der Waals surface area contributed by atoms with Crippen LogP contribution in [-0.2, 0) is 10.0 Å². The largest absolute Gasteiger partial charge is 0.353 e. The average Bonchev–Trinajstić information content (AvgIpc) is 2.68. The molecule has 7 heteroatoms. The number of aromatic nitrogens is 2. The molecule has 2 aromatic carbocycles. The summed E-state index contributed by atoms with van der Waals surface area (Å²) in [6, 6.07) is 13.1. The van der Waals surface area contributed by atoms with Crippen LogP contribution in [0.5, 0.6) is 0 Å². The number of hydrogen-bond donors (Lipinski definition) is 0. The summed E-state index contributed by atoms with van der Waals surface area (Å²) in [6.45, 7) is 6.06. The van der Waals surface area contributed by atoms with Crippen LogP contribution in [0.2, 0.25) is 0 Å². The van der Waals surface area contributed by atoms with E-state index in [1.54, 1.807) is 22.8 Å². The van der Waals surface area contributed by atoms with Gasteiger partial charge < -0.3 is 4.90 Å². The van der Waals surface area contributed by atoms with Gasteiger partial charge in [-0.15, -0.1) is 0 Å². The van der Waals surface area contributed by atoms with Crippen LogP contribution in [-0.4, -0.2) is 48.9 Å². The number of para-hydroxylation sites is 1. The lowest BCUT2D eigenvalue weighted by Gasteiger charge is -2.35. The molecule has 0 unspecified atom stereocenters. The quantitative estimate of drug-likeness (QED) is 0.697. The molecule has 140 valence electrons. The van der Waals surface area contributed by atoms with Crippen molar-refractivity contribution >= 4 is 26.7 Å². The van der Waals surface area contributed by atoms with Crippen LogP contribution in [0, 0.1) is 13.8 Å². The van der Waals surface area contributed by atoms with E-state index < -0.39 is 10.0 Å². The summed E-state index contributed by atoms with van der Waals surface area (Å²) < 4.78 is 27.3. The Balaban J connectivity index is 1.56. The zero-order valence-corrected chi connectivity index (χ0v) is 16.3. The summed E-state index contributed by atoms with van der Waals surface area (Å²) in [5.74, 6) is 0.871. The predicted octanol–water partition coefficient (Wildman–Crippen LogP) is 2.76. The molecular formula is C20H22N4O2S. The first-order valence-electron chi connectivity index (χ1n) is 8.99. The Morgan fingerprint density at radius 3 is 2.30 bits per heavy atom. The number of sulfonamides is 1. The van der Waals surface area contributed by atoms with Gasteiger partial charge in [0.15, 0.2) is 0 Å². The van der Waals surface area contributed by atoms with Gasteiger partial charge in [-0.1, -0.05) is 29.8 Å². The summed E-state index contributed by atoms with van der Waals surface area (Å²) in [6.07, 6.45) is 1.58. The molecule has 1 fully saturated rings. The second kappa shape index (κ2) is 6.90. The van der Waals surface area contributed by atoms with Crippen molar-refractivity contribution in [1.29, 1.82) is 0 Å². The van der Waals surface area contributed by atoms with E-state index in [2.05, 4.69) is 14.9 Å². The highest BCUT2D eigenvalue weighted by atomic mass is 32.2. The number of anilines is 1. The van der Waals surface area contributed by atoms with Crippen molar-refractivity contribution in [2.45, 2.75) is 18.7 Å². The Morgan fingerprint density at radius 2 is 1.59 bits per heavy atom. The number of fused-ring (bicyclic) bond motifs is 1. The SMILES string of the molecule is Cc1ccc(S(=O)(=O)N2CCN(c3ncnc4c(C)cccc34)CC2)cc1. The van der Waals surface area contributed by atoms with E-state index in [0.717, 1.165) is 27.8 Å². The number of rotatable bonds is 3. The zero-order chi connectivity index (χ0) is 19.0. The van der Waals surface area contributed by atoms with Gasteiger partial charge in [-0.05, 0) is 37.6 Å². The van der Waals surface area contributed by atoms with Gasteiger partial charge in [0, 0.05) is 31.6 Å². The van der Waals surface area contributed by atoms with Gasteiger partial charge >= 0.3 is 0 Å². The Kier molecular flexibility index (Phi) is 4.57. The molecule has 1 aliphatic heterocycles. The number of benzene rings is 2. The fourth-order valence-corrected chi connectivity index (χ4v) is 4.90. The lowest BCUT2D eigenvalue weighted by Crippen LogP contribution is -2.49. The lowest BCUT2D eigenvalue weighted by molar-refractivity contribution is 0.384. The highest BCUT2D eigenvalue weighted by molar-refractivity contribution is 7.89. The first kappa shape index (κ1) is 17.9. The number of hydrogen-bond acceptors (Lipinski definition) is 5. The van der Waals surface area contributed by atoms with E-state index in [-0.39, 0.29) is 0 Å². The highest BCUT2D eigenvalue weighted by Gasteiger charge is 2.29. The Morgan fingerprint density at radius 1 is 0.889 bits per heavy atom. The van der Waals surface area contributed by atoms with Crippen LogP contribution in [0.25, 0.3) is 10.9 Å². The van der Waals surface area contributed by atoms with Crippen molar-refractivity contribution < 1.29 is 8.42 Å². The number of aryl methyl sites for hydroxylation is 2. The maximum atomic E-state index is 12.9. The zero-order valence-electron chi connectivity index (χ0n) is 15.5. The molecule has 27 heavy (non-hydrogen) atoms. The Bertz CT molecular complexity index is 1070. The van der Waals surface area contributed by atoms with E-state index in [1.807, 2.05) is 44.2 Å². The molecule has 6 nitrogen and oxygen atoms in total. The maximum absolute atomic E-state index is 12.9. The Labute approximate surface area is 159 Å². The van der Waals surface area contributed by atoms with E-state index in [0.29, 0.717) is 31.1 Å². The minimum Gasteiger partial charge on any atom is -0.353 e. The minimum atomic E-state index is -3.46. The minimum absolute atomic E-state index is 0.352. The third-order valence-electron chi connectivity index (χ3n) is 5.04. The van der Waals surface area contributed by atoms with Gasteiger partial charge in [0.2, 0.25) is 10.0 Å². The Hall–Kier alpha value is -2.51. The molecule has 2 heterocycles. The van der Waals surface area contributed by atoms with Crippen molar-refractivity contribution in [2.24, 2.45) is 0 Å². The van der Waals surface area contributed by atoms with Gasteiger partial charge in [0.25, 0.3) is 0 Å². The first-order chi connectivity index (χ1) is 13.0. The second-order valence-electron chi connectivity index (χ2n) is 6.87. The van der Waals surface area contributed by atoms with Crippen LogP contribution in [0.15, 0.2) is 53.7 Å². The molecule has 0 saturated carbocycles. The summed E-state index contributed by atoms with van der Waals surface area (Å²) in [7, 11) is -3.46. The van der Waals surface area contributed by atoms with Crippen LogP contribution < -0.4 is 4.90 Å². The van der Waals surface area contributed by atoms with Gasteiger partial charge in [-0.2, -0.15) is 4.31 Å². The molecule has 1 aliphatic rings. The lowest BCUT2D eigenvalue weighted by atomic mass is 10.1. The van der Waals surface area contributed by atoms with Crippen LogP contribution in [0.3, 0.4) is 0 Å². The van der Waals surface area contributed by atoms with E-state index in [9.17, 15) is 8.42 Å². The maximum Gasteiger partial charge on any atom is 0.243 e. The first-order valence-corrected chi connectivity index (χ1v) is 10.4. The van der Waals surface area contributed by atoms with Crippen LogP contribution in [0.4, 0.5) is 5.82 Å². The predicted molar refractivity (Wildman–Crippen MR) is 106 cm³/mol. The van der Waals surface area contributed by atoms with Crippen molar-refractivity contribution in [3.05, 3.63) is 59.9 Å². The molecule has 1 aromatic heterocycles. The molecule has 0 N–H and O–H groups in total. The molecule has 0 spiro atoms. The summed E-state index contributed by atoms with van der Waals surface area (Å²) in [5, 5.41) is 1.01. The van der Waals surface area contributed by atoms with Crippen molar-refractivity contribution in [3.63, 3.8) is 0 Å². The van der Waals surface area contributed by atoms with E-state index >= 15 is 0 Å². The topological polar surface area (TPSA) is 66.4 Å². The van der Waals surface area contributed by atoms with E-state index in [1.165, 1.54) is 0 Å². The normalized spacial score (nSPS) is 16.0. The molecule has 4 rings (SSSR count). The van der Waals surface area contributed by atoms with E-state index in [4.69, 9.17) is 0 Å².